The molecule has 1 aliphatic rings. The molecule has 1 aromatic carbocycles. The molecule has 0 bridgehead atoms. The highest BCUT2D eigenvalue weighted by atomic mass is 16.3. The fraction of sp³-hybridized carbons (Fsp3) is 0.462. The highest BCUT2D eigenvalue weighted by Gasteiger charge is 2.13. The van der Waals surface area contributed by atoms with Gasteiger partial charge in [0.25, 0.3) is 0 Å². The molecule has 1 aromatic rings. The van der Waals surface area contributed by atoms with Gasteiger partial charge in [0.2, 0.25) is 5.91 Å². The van der Waals surface area contributed by atoms with Crippen molar-refractivity contribution in [3.8, 4) is 0 Å². The summed E-state index contributed by atoms with van der Waals surface area (Å²) in [6.07, 6.45) is 2.28. The second-order valence-corrected chi connectivity index (χ2v) is 4.42. The molecule has 17 heavy (non-hydrogen) atoms. The maximum Gasteiger partial charge on any atom is 0.245 e. The largest absolute Gasteiger partial charge is 0.387 e. The Kier molecular flexibility index (Phi) is 3.64. The Hall–Kier alpha value is -1.55. The highest BCUT2D eigenvalue weighted by molar-refractivity contribution is 5.76. The van der Waals surface area contributed by atoms with E-state index in [0.717, 1.165) is 18.5 Å². The molecule has 0 fully saturated rings. The number of hydrogen-bond acceptors (Lipinski definition) is 3. The average molecular weight is 234 g/mol. The SMILES string of the molecule is CN1CCCc2cc(CNC(=O)CO)ccc21. The van der Waals surface area contributed by atoms with Gasteiger partial charge in [-0.05, 0) is 30.0 Å². The molecular weight excluding hydrogens is 216 g/mol. The number of hydrogen-bond donors (Lipinski definition) is 2. The van der Waals surface area contributed by atoms with Crippen LogP contribution in [0.1, 0.15) is 17.5 Å². The molecule has 0 spiro atoms. The third-order valence-electron chi connectivity index (χ3n) is 3.13. The number of anilines is 1. The van der Waals surface area contributed by atoms with Crippen LogP contribution in [-0.4, -0.2) is 31.2 Å². The fourth-order valence-corrected chi connectivity index (χ4v) is 2.21. The van der Waals surface area contributed by atoms with Crippen LogP contribution in [0.3, 0.4) is 0 Å². The van der Waals surface area contributed by atoms with Gasteiger partial charge in [-0.3, -0.25) is 4.79 Å². The van der Waals surface area contributed by atoms with Crippen LogP contribution in [0.2, 0.25) is 0 Å². The summed E-state index contributed by atoms with van der Waals surface area (Å²) in [5.41, 5.74) is 3.71. The minimum atomic E-state index is -0.451. The Morgan fingerprint density at radius 1 is 1.53 bits per heavy atom. The molecule has 1 heterocycles. The number of nitrogens with one attached hydrogen (secondary N) is 1. The Labute approximate surface area is 101 Å². The molecule has 1 aliphatic heterocycles. The van der Waals surface area contributed by atoms with E-state index in [0.29, 0.717) is 6.54 Å². The Morgan fingerprint density at radius 3 is 3.12 bits per heavy atom. The Morgan fingerprint density at radius 2 is 2.35 bits per heavy atom. The van der Waals surface area contributed by atoms with Crippen molar-refractivity contribution in [2.24, 2.45) is 0 Å². The minimum absolute atomic E-state index is 0.333. The van der Waals surface area contributed by atoms with E-state index in [9.17, 15) is 4.79 Å². The topological polar surface area (TPSA) is 52.6 Å². The van der Waals surface area contributed by atoms with Crippen molar-refractivity contribution < 1.29 is 9.90 Å². The minimum Gasteiger partial charge on any atom is -0.387 e. The summed E-state index contributed by atoms with van der Waals surface area (Å²) < 4.78 is 0. The summed E-state index contributed by atoms with van der Waals surface area (Å²) >= 11 is 0. The van der Waals surface area contributed by atoms with Crippen LogP contribution in [0.15, 0.2) is 18.2 Å². The summed E-state index contributed by atoms with van der Waals surface area (Å²) in [6.45, 7) is 1.14. The van der Waals surface area contributed by atoms with Crippen LogP contribution in [0.4, 0.5) is 5.69 Å². The van der Waals surface area contributed by atoms with Crippen LogP contribution in [0, 0.1) is 0 Å². The van der Waals surface area contributed by atoms with E-state index in [4.69, 9.17) is 5.11 Å². The maximum absolute atomic E-state index is 11.0. The van der Waals surface area contributed by atoms with E-state index in [-0.39, 0.29) is 5.91 Å². The summed E-state index contributed by atoms with van der Waals surface area (Å²) in [4.78, 5) is 13.2. The average Bonchev–Trinajstić information content (AvgIpc) is 2.36. The van der Waals surface area contributed by atoms with Crippen molar-refractivity contribution in [3.05, 3.63) is 29.3 Å². The van der Waals surface area contributed by atoms with Gasteiger partial charge in [-0.25, -0.2) is 0 Å². The molecule has 0 aliphatic carbocycles. The molecule has 0 radical (unpaired) electrons. The smallest absolute Gasteiger partial charge is 0.245 e. The summed E-state index contributed by atoms with van der Waals surface area (Å²) in [5.74, 6) is -0.333. The van der Waals surface area contributed by atoms with Crippen molar-refractivity contribution in [2.45, 2.75) is 19.4 Å². The van der Waals surface area contributed by atoms with Gasteiger partial charge in [0.15, 0.2) is 0 Å². The molecule has 2 rings (SSSR count). The Balaban J connectivity index is 2.08. The van der Waals surface area contributed by atoms with Crippen molar-refractivity contribution in [2.75, 3.05) is 25.1 Å². The molecule has 1 amide bonds. The van der Waals surface area contributed by atoms with E-state index >= 15 is 0 Å². The number of nitrogens with zero attached hydrogens (tertiary/aromatic N) is 1. The van der Waals surface area contributed by atoms with Gasteiger partial charge in [0, 0.05) is 25.8 Å². The first-order valence-electron chi connectivity index (χ1n) is 5.91. The van der Waals surface area contributed by atoms with Crippen LogP contribution in [0.5, 0.6) is 0 Å². The molecule has 0 saturated carbocycles. The predicted molar refractivity (Wildman–Crippen MR) is 67.0 cm³/mol. The van der Waals surface area contributed by atoms with Gasteiger partial charge in [-0.1, -0.05) is 12.1 Å². The predicted octanol–water partition coefficient (Wildman–Crippen LogP) is 0.677. The van der Waals surface area contributed by atoms with Gasteiger partial charge in [-0.15, -0.1) is 0 Å². The number of aliphatic hydroxyl groups is 1. The molecular formula is C13H18N2O2. The number of rotatable bonds is 3. The molecule has 92 valence electrons. The zero-order valence-corrected chi connectivity index (χ0v) is 10.1. The van der Waals surface area contributed by atoms with Gasteiger partial charge in [-0.2, -0.15) is 0 Å². The highest BCUT2D eigenvalue weighted by Crippen LogP contribution is 2.26. The molecule has 0 unspecified atom stereocenters. The quantitative estimate of drug-likeness (QED) is 0.808. The molecule has 0 saturated heterocycles. The van der Waals surface area contributed by atoms with Crippen LogP contribution >= 0.6 is 0 Å². The van der Waals surface area contributed by atoms with Gasteiger partial charge in [0.05, 0.1) is 0 Å². The van der Waals surface area contributed by atoms with E-state index in [1.54, 1.807) is 0 Å². The number of fused-ring (bicyclic) bond motifs is 1. The number of benzene rings is 1. The third kappa shape index (κ3) is 2.77. The molecule has 0 atom stereocenters. The second-order valence-electron chi connectivity index (χ2n) is 4.42. The fourth-order valence-electron chi connectivity index (χ4n) is 2.21. The van der Waals surface area contributed by atoms with Gasteiger partial charge < -0.3 is 15.3 Å². The second kappa shape index (κ2) is 5.19. The summed E-state index contributed by atoms with van der Waals surface area (Å²) in [7, 11) is 2.10. The van der Waals surface area contributed by atoms with Gasteiger partial charge >= 0.3 is 0 Å². The van der Waals surface area contributed by atoms with Crippen molar-refractivity contribution in [3.63, 3.8) is 0 Å². The first-order chi connectivity index (χ1) is 8.20. The van der Waals surface area contributed by atoms with Gasteiger partial charge in [0.1, 0.15) is 6.61 Å². The lowest BCUT2D eigenvalue weighted by Crippen LogP contribution is -2.27. The zero-order chi connectivity index (χ0) is 12.3. The maximum atomic E-state index is 11.0. The molecule has 2 N–H and O–H groups in total. The third-order valence-corrected chi connectivity index (χ3v) is 3.13. The number of amides is 1. The van der Waals surface area contributed by atoms with Crippen LogP contribution in [0.25, 0.3) is 0 Å². The van der Waals surface area contributed by atoms with Crippen molar-refractivity contribution >= 4 is 11.6 Å². The number of carbonyl (C=O) groups excluding carboxylic acids is 1. The van der Waals surface area contributed by atoms with Crippen LogP contribution in [-0.2, 0) is 17.8 Å². The normalized spacial score (nSPS) is 14.4. The van der Waals surface area contributed by atoms with E-state index in [1.807, 2.05) is 6.07 Å². The first kappa shape index (κ1) is 11.9. The molecule has 4 heteroatoms. The van der Waals surface area contributed by atoms with Crippen molar-refractivity contribution in [1.82, 2.24) is 5.32 Å². The number of aliphatic hydroxyl groups excluding tert-OH is 1. The van der Waals surface area contributed by atoms with Crippen LogP contribution < -0.4 is 10.2 Å². The molecule has 4 nitrogen and oxygen atoms in total. The number of carbonyl (C=O) groups is 1. The van der Waals surface area contributed by atoms with Crippen molar-refractivity contribution in [1.29, 1.82) is 0 Å². The zero-order valence-electron chi connectivity index (χ0n) is 10.1. The monoisotopic (exact) mass is 234 g/mol. The summed E-state index contributed by atoms with van der Waals surface area (Å²) in [6, 6.07) is 6.27. The standard InChI is InChI=1S/C13H18N2O2/c1-15-6-2-3-11-7-10(4-5-12(11)15)8-14-13(17)9-16/h4-5,7,16H,2-3,6,8-9H2,1H3,(H,14,17). The lowest BCUT2D eigenvalue weighted by molar-refractivity contribution is -0.123. The van der Waals surface area contributed by atoms with E-state index in [2.05, 4.69) is 29.4 Å². The number of aryl methyl sites for hydroxylation is 1. The lowest BCUT2D eigenvalue weighted by atomic mass is 9.99. The Bertz CT molecular complexity index is 418. The molecule has 0 aromatic heterocycles. The summed E-state index contributed by atoms with van der Waals surface area (Å²) in [5, 5.41) is 11.3. The first-order valence-corrected chi connectivity index (χ1v) is 5.91. The van der Waals surface area contributed by atoms with E-state index in [1.165, 1.54) is 17.7 Å². The lowest BCUT2D eigenvalue weighted by Gasteiger charge is -2.27. The van der Waals surface area contributed by atoms with E-state index < -0.39 is 6.61 Å².